The van der Waals surface area contributed by atoms with E-state index in [1.165, 1.54) is 0 Å². The topological polar surface area (TPSA) is 34.9 Å². The molecule has 25 heavy (non-hydrogen) atoms. The largest absolute Gasteiger partial charge is 0.327 e. The van der Waals surface area contributed by atoms with Gasteiger partial charge in [0.05, 0.1) is 11.0 Å². The lowest BCUT2D eigenvalue weighted by Crippen LogP contribution is -2.28. The number of nitrogens with zero attached hydrogens (tertiary/aromatic N) is 2. The van der Waals surface area contributed by atoms with Gasteiger partial charge in [-0.25, -0.2) is 13.8 Å². The summed E-state index contributed by atoms with van der Waals surface area (Å²) >= 11 is 0. The van der Waals surface area contributed by atoms with Crippen LogP contribution in [-0.4, -0.2) is 21.3 Å². The van der Waals surface area contributed by atoms with E-state index in [2.05, 4.69) is 25.3 Å². The van der Waals surface area contributed by atoms with Crippen LogP contribution in [-0.2, 0) is 12.0 Å². The number of carbonyl (C=O) groups excluding carboxylic acids is 1. The zero-order valence-electron chi connectivity index (χ0n) is 15.4. The molecule has 1 heterocycles. The summed E-state index contributed by atoms with van der Waals surface area (Å²) in [5.41, 5.74) is 2.27. The van der Waals surface area contributed by atoms with Crippen LogP contribution in [0, 0.1) is 5.92 Å². The van der Waals surface area contributed by atoms with Gasteiger partial charge in [0, 0.05) is 30.4 Å². The van der Waals surface area contributed by atoms with Crippen LogP contribution in [0.4, 0.5) is 8.78 Å². The van der Waals surface area contributed by atoms with Crippen molar-refractivity contribution in [2.45, 2.75) is 71.3 Å². The average Bonchev–Trinajstić information content (AvgIpc) is 2.87. The fourth-order valence-corrected chi connectivity index (χ4v) is 3.65. The highest BCUT2D eigenvalue weighted by Gasteiger charge is 2.35. The van der Waals surface area contributed by atoms with Crippen LogP contribution in [0.3, 0.4) is 0 Å². The molecule has 0 bridgehead atoms. The number of Topliss-reactive ketones (excluding diaryl/α,β-unsaturated/α-hetero) is 1. The number of imidazole rings is 1. The standard InChI is InChI=1S/C20H26F2N2O/c1-13(25)15-5-6-17-16(11-15)23-18(19(2,3)4)24(17)12-14-7-9-20(21,22)10-8-14/h5-6,11,14H,7-10,12H2,1-4H3. The number of aromatic nitrogens is 2. The summed E-state index contributed by atoms with van der Waals surface area (Å²) < 4.78 is 29.1. The smallest absolute Gasteiger partial charge is 0.248 e. The molecule has 0 spiro atoms. The molecule has 136 valence electrons. The number of benzene rings is 1. The Kier molecular flexibility index (Phi) is 4.46. The van der Waals surface area contributed by atoms with Crippen LogP contribution < -0.4 is 0 Å². The Bertz CT molecular complexity index is 792. The van der Waals surface area contributed by atoms with E-state index in [9.17, 15) is 13.6 Å². The number of hydrogen-bond acceptors (Lipinski definition) is 2. The van der Waals surface area contributed by atoms with Gasteiger partial charge in [0.1, 0.15) is 5.82 Å². The summed E-state index contributed by atoms with van der Waals surface area (Å²) in [7, 11) is 0. The molecular weight excluding hydrogens is 322 g/mol. The Labute approximate surface area is 147 Å². The van der Waals surface area contributed by atoms with Crippen LogP contribution in [0.15, 0.2) is 18.2 Å². The van der Waals surface area contributed by atoms with Crippen molar-refractivity contribution in [1.82, 2.24) is 9.55 Å². The van der Waals surface area contributed by atoms with Gasteiger partial charge in [0.2, 0.25) is 5.92 Å². The molecule has 0 aliphatic heterocycles. The summed E-state index contributed by atoms with van der Waals surface area (Å²) in [6.07, 6.45) is 1.04. The Balaban J connectivity index is 1.98. The van der Waals surface area contributed by atoms with Crippen LogP contribution in [0.25, 0.3) is 11.0 Å². The van der Waals surface area contributed by atoms with Crippen molar-refractivity contribution < 1.29 is 13.6 Å². The van der Waals surface area contributed by atoms with Gasteiger partial charge < -0.3 is 4.57 Å². The van der Waals surface area contributed by atoms with E-state index in [-0.39, 0.29) is 30.0 Å². The average molecular weight is 348 g/mol. The quantitative estimate of drug-likeness (QED) is 0.700. The van der Waals surface area contributed by atoms with Gasteiger partial charge in [-0.3, -0.25) is 4.79 Å². The SMILES string of the molecule is CC(=O)c1ccc2c(c1)nc(C(C)(C)C)n2CC1CCC(F)(F)CC1. The molecule has 2 aromatic rings. The molecular formula is C20H26F2N2O. The van der Waals surface area contributed by atoms with E-state index in [1.807, 2.05) is 18.2 Å². The minimum atomic E-state index is -2.50. The van der Waals surface area contributed by atoms with Crippen molar-refractivity contribution in [2.24, 2.45) is 5.92 Å². The number of carbonyl (C=O) groups is 1. The van der Waals surface area contributed by atoms with Crippen LogP contribution in [0.5, 0.6) is 0 Å². The van der Waals surface area contributed by atoms with E-state index in [4.69, 9.17) is 4.98 Å². The third-order valence-electron chi connectivity index (χ3n) is 5.10. The molecule has 1 aromatic carbocycles. The summed E-state index contributed by atoms with van der Waals surface area (Å²) in [5, 5.41) is 0. The molecule has 0 saturated heterocycles. The number of alkyl halides is 2. The second kappa shape index (κ2) is 6.19. The third kappa shape index (κ3) is 3.75. The summed E-state index contributed by atoms with van der Waals surface area (Å²) in [6.45, 7) is 8.56. The first-order valence-electron chi connectivity index (χ1n) is 8.96. The predicted octanol–water partition coefficient (Wildman–Crippen LogP) is 5.36. The predicted molar refractivity (Wildman–Crippen MR) is 95.3 cm³/mol. The molecule has 0 atom stereocenters. The van der Waals surface area contributed by atoms with Crippen molar-refractivity contribution in [1.29, 1.82) is 0 Å². The first kappa shape index (κ1) is 18.0. The van der Waals surface area contributed by atoms with Gasteiger partial charge in [-0.05, 0) is 43.9 Å². The molecule has 1 aliphatic rings. The van der Waals surface area contributed by atoms with Crippen molar-refractivity contribution in [3.05, 3.63) is 29.6 Å². The normalized spacial score (nSPS) is 18.6. The highest BCUT2D eigenvalue weighted by Crippen LogP contribution is 2.38. The number of halogens is 2. The summed E-state index contributed by atoms with van der Waals surface area (Å²) in [6, 6.07) is 5.59. The van der Waals surface area contributed by atoms with Gasteiger partial charge >= 0.3 is 0 Å². The summed E-state index contributed by atoms with van der Waals surface area (Å²) in [5.74, 6) is -1.30. The zero-order valence-corrected chi connectivity index (χ0v) is 15.4. The molecule has 0 amide bonds. The van der Waals surface area contributed by atoms with E-state index in [1.54, 1.807) is 6.92 Å². The Hall–Kier alpha value is -1.78. The highest BCUT2D eigenvalue weighted by molar-refractivity contribution is 5.97. The summed E-state index contributed by atoms with van der Waals surface area (Å²) in [4.78, 5) is 16.4. The number of hydrogen-bond donors (Lipinski definition) is 0. The lowest BCUT2D eigenvalue weighted by atomic mass is 9.86. The molecule has 5 heteroatoms. The number of fused-ring (bicyclic) bond motifs is 1. The lowest BCUT2D eigenvalue weighted by Gasteiger charge is -2.30. The monoisotopic (exact) mass is 348 g/mol. The second-order valence-corrected chi connectivity index (χ2v) is 8.36. The minimum absolute atomic E-state index is 0.0169. The van der Waals surface area contributed by atoms with Crippen LogP contribution in [0.1, 0.15) is 69.6 Å². The van der Waals surface area contributed by atoms with E-state index < -0.39 is 5.92 Å². The third-order valence-corrected chi connectivity index (χ3v) is 5.10. The molecule has 3 nitrogen and oxygen atoms in total. The lowest BCUT2D eigenvalue weighted by molar-refractivity contribution is -0.0473. The van der Waals surface area contributed by atoms with Crippen LogP contribution in [0.2, 0.25) is 0 Å². The molecule has 0 N–H and O–H groups in total. The highest BCUT2D eigenvalue weighted by atomic mass is 19.3. The first-order valence-corrected chi connectivity index (χ1v) is 8.96. The molecule has 0 unspecified atom stereocenters. The molecule has 1 aliphatic carbocycles. The van der Waals surface area contributed by atoms with Crippen molar-refractivity contribution >= 4 is 16.8 Å². The van der Waals surface area contributed by atoms with Crippen LogP contribution >= 0.6 is 0 Å². The molecule has 1 aromatic heterocycles. The van der Waals surface area contributed by atoms with Gasteiger partial charge in [0.15, 0.2) is 5.78 Å². The van der Waals surface area contributed by atoms with E-state index in [0.29, 0.717) is 24.9 Å². The second-order valence-electron chi connectivity index (χ2n) is 8.36. The molecule has 1 fully saturated rings. The molecule has 1 saturated carbocycles. The Morgan fingerprint density at radius 2 is 1.92 bits per heavy atom. The maximum absolute atomic E-state index is 13.4. The maximum Gasteiger partial charge on any atom is 0.248 e. The first-order chi connectivity index (χ1) is 11.6. The molecule has 0 radical (unpaired) electrons. The molecule has 3 rings (SSSR count). The van der Waals surface area contributed by atoms with Crippen molar-refractivity contribution in [3.63, 3.8) is 0 Å². The number of ketones is 1. The van der Waals surface area contributed by atoms with Gasteiger partial charge in [-0.1, -0.05) is 20.8 Å². The van der Waals surface area contributed by atoms with Gasteiger partial charge in [0.25, 0.3) is 0 Å². The minimum Gasteiger partial charge on any atom is -0.327 e. The fourth-order valence-electron chi connectivity index (χ4n) is 3.65. The zero-order chi connectivity index (χ0) is 18.4. The Morgan fingerprint density at radius 3 is 2.48 bits per heavy atom. The van der Waals surface area contributed by atoms with Crippen molar-refractivity contribution in [2.75, 3.05) is 0 Å². The van der Waals surface area contributed by atoms with Gasteiger partial charge in [-0.2, -0.15) is 0 Å². The maximum atomic E-state index is 13.4. The van der Waals surface area contributed by atoms with Gasteiger partial charge in [-0.15, -0.1) is 0 Å². The van der Waals surface area contributed by atoms with E-state index >= 15 is 0 Å². The van der Waals surface area contributed by atoms with Crippen molar-refractivity contribution in [3.8, 4) is 0 Å². The Morgan fingerprint density at radius 1 is 1.28 bits per heavy atom. The van der Waals surface area contributed by atoms with E-state index in [0.717, 1.165) is 16.9 Å². The number of rotatable bonds is 3. The fraction of sp³-hybridized carbons (Fsp3) is 0.600.